The molecule has 1 atom stereocenters. The summed E-state index contributed by atoms with van der Waals surface area (Å²) in [5.74, 6) is -0.787. The molecule has 0 radical (unpaired) electrons. The van der Waals surface area contributed by atoms with Gasteiger partial charge >= 0.3 is 0 Å². The van der Waals surface area contributed by atoms with E-state index in [1.165, 1.54) is 12.1 Å². The van der Waals surface area contributed by atoms with Crippen LogP contribution >= 0.6 is 0 Å². The summed E-state index contributed by atoms with van der Waals surface area (Å²) in [5.41, 5.74) is 6.73. The van der Waals surface area contributed by atoms with Gasteiger partial charge in [-0.2, -0.15) is 0 Å². The van der Waals surface area contributed by atoms with Gasteiger partial charge in [0.25, 0.3) is 0 Å². The lowest BCUT2D eigenvalue weighted by atomic mass is 9.97. The summed E-state index contributed by atoms with van der Waals surface area (Å²) < 4.78 is 38.2. The second-order valence-electron chi connectivity index (χ2n) is 4.49. The van der Waals surface area contributed by atoms with Gasteiger partial charge in [0.2, 0.25) is 0 Å². The highest BCUT2D eigenvalue weighted by Gasteiger charge is 2.23. The third-order valence-corrected chi connectivity index (χ3v) is 3.25. The number of rotatable bonds is 2. The minimum absolute atomic E-state index is 0.0903. The van der Waals surface area contributed by atoms with Crippen LogP contribution in [0.15, 0.2) is 36.4 Å². The highest BCUT2D eigenvalue weighted by Crippen LogP contribution is 2.38. The number of para-hydroxylation sites is 1. The van der Waals surface area contributed by atoms with E-state index >= 15 is 0 Å². The highest BCUT2D eigenvalue weighted by molar-refractivity contribution is 5.51. The zero-order valence-electron chi connectivity index (χ0n) is 10.6. The van der Waals surface area contributed by atoms with Gasteiger partial charge in [0.05, 0.1) is 6.04 Å². The van der Waals surface area contributed by atoms with E-state index in [1.807, 2.05) is 0 Å². The lowest BCUT2D eigenvalue weighted by Gasteiger charge is -2.23. The van der Waals surface area contributed by atoms with E-state index in [2.05, 4.69) is 0 Å². The van der Waals surface area contributed by atoms with Crippen LogP contribution in [0.1, 0.15) is 17.2 Å². The third-order valence-electron chi connectivity index (χ3n) is 3.25. The monoisotopic (exact) mass is 277 g/mol. The van der Waals surface area contributed by atoms with Crippen molar-refractivity contribution in [2.75, 3.05) is 13.2 Å². The zero-order chi connectivity index (χ0) is 14.1. The van der Waals surface area contributed by atoms with E-state index in [1.54, 1.807) is 18.2 Å². The summed E-state index contributed by atoms with van der Waals surface area (Å²) in [5, 5.41) is 0. The average molecular weight is 277 g/mol. The Labute approximate surface area is 114 Å². The number of ether oxygens (including phenoxy) is 2. The molecular weight excluding hydrogens is 264 g/mol. The van der Waals surface area contributed by atoms with Crippen molar-refractivity contribution < 1.29 is 18.3 Å². The molecule has 0 aromatic heterocycles. The molecule has 3 nitrogen and oxygen atoms in total. The number of nitrogens with two attached hydrogens (primary N) is 1. The smallest absolute Gasteiger partial charge is 0.166 e. The predicted molar refractivity (Wildman–Crippen MR) is 69.8 cm³/mol. The number of hydrogen-bond acceptors (Lipinski definition) is 3. The molecule has 0 bridgehead atoms. The summed E-state index contributed by atoms with van der Waals surface area (Å²) in [6.07, 6.45) is 0. The molecule has 20 heavy (non-hydrogen) atoms. The number of hydrogen-bond donors (Lipinski definition) is 1. The molecule has 2 aromatic carbocycles. The van der Waals surface area contributed by atoms with Crippen molar-refractivity contribution in [2.24, 2.45) is 5.73 Å². The number of benzene rings is 2. The summed E-state index contributed by atoms with van der Waals surface area (Å²) in [4.78, 5) is 0. The SMILES string of the molecule is NC(c1cccc(F)c1F)c1cccc2c1OCCO2. The summed E-state index contributed by atoms with van der Waals surface area (Å²) in [7, 11) is 0. The molecule has 1 aliphatic heterocycles. The van der Waals surface area contributed by atoms with Crippen LogP contribution in [0.3, 0.4) is 0 Å². The van der Waals surface area contributed by atoms with E-state index in [4.69, 9.17) is 15.2 Å². The maximum absolute atomic E-state index is 13.8. The maximum atomic E-state index is 13.8. The Morgan fingerprint density at radius 1 is 0.950 bits per heavy atom. The van der Waals surface area contributed by atoms with Gasteiger partial charge in [0, 0.05) is 11.1 Å². The molecule has 0 aliphatic carbocycles. The quantitative estimate of drug-likeness (QED) is 0.918. The Bertz CT molecular complexity index is 646. The molecule has 3 rings (SSSR count). The number of fused-ring (bicyclic) bond motifs is 1. The minimum Gasteiger partial charge on any atom is -0.486 e. The molecule has 0 amide bonds. The lowest BCUT2D eigenvalue weighted by molar-refractivity contribution is 0.169. The fourth-order valence-electron chi connectivity index (χ4n) is 2.27. The van der Waals surface area contributed by atoms with Gasteiger partial charge < -0.3 is 15.2 Å². The minimum atomic E-state index is -0.936. The molecule has 0 saturated carbocycles. The number of halogens is 2. The van der Waals surface area contributed by atoms with Crippen LogP contribution in [0.5, 0.6) is 11.5 Å². The summed E-state index contributed by atoms with van der Waals surface area (Å²) in [6.45, 7) is 0.863. The van der Waals surface area contributed by atoms with Crippen molar-refractivity contribution in [3.05, 3.63) is 59.2 Å². The predicted octanol–water partition coefficient (Wildman–Crippen LogP) is 2.78. The standard InChI is InChI=1S/C15H13F2NO2/c16-11-5-1-3-9(13(11)17)14(18)10-4-2-6-12-15(10)20-8-7-19-12/h1-6,14H,7-8,18H2. The van der Waals surface area contributed by atoms with Crippen molar-refractivity contribution in [1.29, 1.82) is 0 Å². The van der Waals surface area contributed by atoms with Crippen LogP contribution in [0.2, 0.25) is 0 Å². The van der Waals surface area contributed by atoms with Gasteiger partial charge in [-0.15, -0.1) is 0 Å². The first kappa shape index (κ1) is 12.9. The summed E-state index contributed by atoms with van der Waals surface area (Å²) >= 11 is 0. The second kappa shape index (κ2) is 5.09. The molecule has 0 fully saturated rings. The van der Waals surface area contributed by atoms with Crippen LogP contribution in [0.25, 0.3) is 0 Å². The molecule has 1 aliphatic rings. The van der Waals surface area contributed by atoms with Crippen molar-refractivity contribution in [1.82, 2.24) is 0 Å². The van der Waals surface area contributed by atoms with Gasteiger partial charge in [0.1, 0.15) is 13.2 Å². The van der Waals surface area contributed by atoms with E-state index in [9.17, 15) is 8.78 Å². The Kier molecular flexibility index (Phi) is 3.28. The van der Waals surface area contributed by atoms with Crippen molar-refractivity contribution in [3.8, 4) is 11.5 Å². The molecule has 0 saturated heterocycles. The molecule has 2 aromatic rings. The lowest BCUT2D eigenvalue weighted by Crippen LogP contribution is -2.20. The van der Waals surface area contributed by atoms with Crippen molar-refractivity contribution >= 4 is 0 Å². The highest BCUT2D eigenvalue weighted by atomic mass is 19.2. The molecular formula is C15H13F2NO2. The van der Waals surface area contributed by atoms with Crippen LogP contribution < -0.4 is 15.2 Å². The molecule has 1 unspecified atom stereocenters. The first-order chi connectivity index (χ1) is 9.68. The molecule has 5 heteroatoms. The Morgan fingerprint density at radius 3 is 2.50 bits per heavy atom. The fourth-order valence-corrected chi connectivity index (χ4v) is 2.27. The topological polar surface area (TPSA) is 44.5 Å². The molecule has 1 heterocycles. The van der Waals surface area contributed by atoms with Gasteiger partial charge in [-0.3, -0.25) is 0 Å². The van der Waals surface area contributed by atoms with E-state index in [0.29, 0.717) is 30.3 Å². The Morgan fingerprint density at radius 2 is 1.65 bits per heavy atom. The van der Waals surface area contributed by atoms with Crippen LogP contribution in [-0.4, -0.2) is 13.2 Å². The molecule has 104 valence electrons. The van der Waals surface area contributed by atoms with Crippen LogP contribution in [0.4, 0.5) is 8.78 Å². The fraction of sp³-hybridized carbons (Fsp3) is 0.200. The largest absolute Gasteiger partial charge is 0.486 e. The van der Waals surface area contributed by atoms with E-state index in [-0.39, 0.29) is 5.56 Å². The molecule has 0 spiro atoms. The van der Waals surface area contributed by atoms with Gasteiger partial charge in [-0.1, -0.05) is 24.3 Å². The second-order valence-corrected chi connectivity index (χ2v) is 4.49. The van der Waals surface area contributed by atoms with Gasteiger partial charge in [-0.05, 0) is 12.1 Å². The van der Waals surface area contributed by atoms with E-state index < -0.39 is 17.7 Å². The normalized spacial score (nSPS) is 14.9. The van der Waals surface area contributed by atoms with Crippen LogP contribution in [0, 0.1) is 11.6 Å². The third kappa shape index (κ3) is 2.10. The van der Waals surface area contributed by atoms with Gasteiger partial charge in [0.15, 0.2) is 23.1 Å². The zero-order valence-corrected chi connectivity index (χ0v) is 10.6. The Hall–Kier alpha value is -2.14. The first-order valence-electron chi connectivity index (χ1n) is 6.26. The first-order valence-corrected chi connectivity index (χ1v) is 6.26. The van der Waals surface area contributed by atoms with Crippen molar-refractivity contribution in [2.45, 2.75) is 6.04 Å². The molecule has 2 N–H and O–H groups in total. The average Bonchev–Trinajstić information content (AvgIpc) is 2.49. The Balaban J connectivity index is 2.07. The summed E-state index contributed by atoms with van der Waals surface area (Å²) in [6, 6.07) is 8.37. The van der Waals surface area contributed by atoms with Crippen molar-refractivity contribution in [3.63, 3.8) is 0 Å². The van der Waals surface area contributed by atoms with E-state index in [0.717, 1.165) is 6.07 Å². The maximum Gasteiger partial charge on any atom is 0.166 e. The van der Waals surface area contributed by atoms with Crippen LogP contribution in [-0.2, 0) is 0 Å². The van der Waals surface area contributed by atoms with Gasteiger partial charge in [-0.25, -0.2) is 8.78 Å².